The molecule has 7 nitrogen and oxygen atoms in total. The van der Waals surface area contributed by atoms with Crippen molar-refractivity contribution in [3.05, 3.63) is 95.6 Å². The van der Waals surface area contributed by atoms with E-state index in [2.05, 4.69) is 5.32 Å². The van der Waals surface area contributed by atoms with E-state index in [1.54, 1.807) is 25.1 Å². The van der Waals surface area contributed by atoms with Crippen LogP contribution < -0.4 is 9.62 Å². The molecule has 0 aliphatic rings. The number of halogens is 3. The third-order valence-electron chi connectivity index (χ3n) is 6.06. The van der Waals surface area contributed by atoms with Gasteiger partial charge in [-0.15, -0.1) is 0 Å². The molecule has 2 amide bonds. The van der Waals surface area contributed by atoms with Crippen LogP contribution in [0, 0.1) is 6.92 Å². The van der Waals surface area contributed by atoms with E-state index in [4.69, 9.17) is 0 Å². The predicted octanol–water partition coefficient (Wildman–Crippen LogP) is 4.76. The summed E-state index contributed by atoms with van der Waals surface area (Å²) in [5, 5.41) is 2.65. The number of likely N-dealkylation sites (N-methyl/N-ethyl adjacent to an activating group) is 1. The van der Waals surface area contributed by atoms with Gasteiger partial charge < -0.3 is 10.2 Å². The van der Waals surface area contributed by atoms with Crippen molar-refractivity contribution in [1.29, 1.82) is 0 Å². The molecule has 208 valence electrons. The molecule has 0 radical (unpaired) electrons. The number of amides is 2. The number of nitrogens with one attached hydrogen (secondary N) is 1. The number of hydrogen-bond donors (Lipinski definition) is 1. The largest absolute Gasteiger partial charge is 0.416 e. The van der Waals surface area contributed by atoms with Gasteiger partial charge in [0, 0.05) is 13.1 Å². The van der Waals surface area contributed by atoms with Crippen molar-refractivity contribution in [2.24, 2.45) is 0 Å². The van der Waals surface area contributed by atoms with Gasteiger partial charge in [0.15, 0.2) is 0 Å². The van der Waals surface area contributed by atoms with Gasteiger partial charge in [-0.2, -0.15) is 13.2 Å². The van der Waals surface area contributed by atoms with Crippen molar-refractivity contribution in [2.45, 2.75) is 44.4 Å². The second-order valence-electron chi connectivity index (χ2n) is 8.95. The molecule has 3 rings (SSSR count). The molecule has 1 atom stereocenters. The first-order chi connectivity index (χ1) is 18.3. The fourth-order valence-electron chi connectivity index (χ4n) is 3.88. The lowest BCUT2D eigenvalue weighted by Crippen LogP contribution is -2.51. The molecule has 0 saturated carbocycles. The van der Waals surface area contributed by atoms with Crippen LogP contribution in [0.3, 0.4) is 0 Å². The Labute approximate surface area is 226 Å². The third kappa shape index (κ3) is 7.38. The van der Waals surface area contributed by atoms with Crippen molar-refractivity contribution in [3.8, 4) is 0 Å². The fraction of sp³-hybridized carbons (Fsp3) is 0.286. The summed E-state index contributed by atoms with van der Waals surface area (Å²) >= 11 is 0. The van der Waals surface area contributed by atoms with Crippen molar-refractivity contribution in [2.75, 3.05) is 17.4 Å². The number of nitrogens with zero attached hydrogens (tertiary/aromatic N) is 2. The second-order valence-corrected chi connectivity index (χ2v) is 10.8. The second kappa shape index (κ2) is 12.3. The Morgan fingerprint density at radius 1 is 0.949 bits per heavy atom. The van der Waals surface area contributed by atoms with E-state index in [1.165, 1.54) is 42.2 Å². The molecule has 3 aromatic carbocycles. The van der Waals surface area contributed by atoms with Crippen LogP contribution >= 0.6 is 0 Å². The number of carbonyl (C=O) groups is 2. The summed E-state index contributed by atoms with van der Waals surface area (Å²) < 4.78 is 68.4. The van der Waals surface area contributed by atoms with Gasteiger partial charge in [-0.1, -0.05) is 54.1 Å². The number of rotatable bonds is 10. The number of sulfonamides is 1. The molecule has 0 aliphatic carbocycles. The Bertz CT molecular complexity index is 1400. The van der Waals surface area contributed by atoms with Gasteiger partial charge in [-0.25, -0.2) is 8.42 Å². The molecule has 0 aliphatic heterocycles. The average Bonchev–Trinajstić information content (AvgIpc) is 2.91. The van der Waals surface area contributed by atoms with Crippen molar-refractivity contribution in [3.63, 3.8) is 0 Å². The van der Waals surface area contributed by atoms with Crippen LogP contribution in [0.25, 0.3) is 0 Å². The molecule has 0 saturated heterocycles. The molecular weight excluding hydrogens is 531 g/mol. The van der Waals surface area contributed by atoms with Crippen molar-refractivity contribution in [1.82, 2.24) is 10.2 Å². The van der Waals surface area contributed by atoms with Crippen LogP contribution in [0.5, 0.6) is 0 Å². The highest BCUT2D eigenvalue weighted by molar-refractivity contribution is 7.92. The molecule has 0 bridgehead atoms. The van der Waals surface area contributed by atoms with E-state index in [0.717, 1.165) is 17.7 Å². The number of carbonyl (C=O) groups excluding carboxylic acids is 2. The van der Waals surface area contributed by atoms with Gasteiger partial charge in [0.2, 0.25) is 11.8 Å². The minimum atomic E-state index is -4.73. The molecule has 0 aromatic heterocycles. The SMILES string of the molecule is CCNC(=O)C(C)N(Cc1ccc(C)cc1)C(=O)CN(c1cccc(C(F)(F)F)c1)S(=O)(=O)c1ccccc1. The summed E-state index contributed by atoms with van der Waals surface area (Å²) in [4.78, 5) is 27.4. The lowest BCUT2D eigenvalue weighted by atomic mass is 10.1. The quantitative estimate of drug-likeness (QED) is 0.387. The van der Waals surface area contributed by atoms with E-state index in [0.29, 0.717) is 22.5 Å². The summed E-state index contributed by atoms with van der Waals surface area (Å²) in [5.41, 5.74) is 0.288. The van der Waals surface area contributed by atoms with E-state index < -0.39 is 46.2 Å². The standard InChI is InChI=1S/C28H30F3N3O4S/c1-4-32-27(36)21(3)33(18-22-15-13-20(2)14-16-22)26(35)19-34(39(37,38)25-11-6-5-7-12-25)24-10-8-9-23(17-24)28(29,30)31/h5-17,21H,4,18-19H2,1-3H3,(H,32,36). The molecular formula is C28H30F3N3O4S. The van der Waals surface area contributed by atoms with Crippen LogP contribution in [-0.4, -0.2) is 44.3 Å². The van der Waals surface area contributed by atoms with E-state index in [9.17, 15) is 31.2 Å². The van der Waals surface area contributed by atoms with Gasteiger partial charge in [-0.3, -0.25) is 13.9 Å². The van der Waals surface area contributed by atoms with Crippen molar-refractivity contribution < 1.29 is 31.2 Å². The number of aryl methyl sites for hydroxylation is 1. The zero-order chi connectivity index (χ0) is 28.8. The van der Waals surface area contributed by atoms with E-state index in [1.807, 2.05) is 19.1 Å². The molecule has 39 heavy (non-hydrogen) atoms. The maximum atomic E-state index is 13.7. The smallest absolute Gasteiger partial charge is 0.355 e. The first-order valence-electron chi connectivity index (χ1n) is 12.2. The van der Waals surface area contributed by atoms with Gasteiger partial charge in [-0.05, 0) is 56.7 Å². The molecule has 0 heterocycles. The zero-order valence-electron chi connectivity index (χ0n) is 21.8. The highest BCUT2D eigenvalue weighted by Crippen LogP contribution is 2.33. The summed E-state index contributed by atoms with van der Waals surface area (Å²) in [5.74, 6) is -1.21. The molecule has 1 unspecified atom stereocenters. The topological polar surface area (TPSA) is 86.8 Å². The van der Waals surface area contributed by atoms with Crippen molar-refractivity contribution >= 4 is 27.5 Å². The molecule has 0 fully saturated rings. The van der Waals surface area contributed by atoms with Crippen LogP contribution in [0.1, 0.15) is 30.5 Å². The highest BCUT2D eigenvalue weighted by atomic mass is 32.2. The van der Waals surface area contributed by atoms with Crippen LogP contribution in [0.4, 0.5) is 18.9 Å². The summed E-state index contributed by atoms with van der Waals surface area (Å²) in [7, 11) is -4.46. The third-order valence-corrected chi connectivity index (χ3v) is 7.85. The Balaban J connectivity index is 2.07. The lowest BCUT2D eigenvalue weighted by molar-refractivity contribution is -0.139. The van der Waals surface area contributed by atoms with Crippen LogP contribution in [0.15, 0.2) is 83.8 Å². The lowest BCUT2D eigenvalue weighted by Gasteiger charge is -2.32. The monoisotopic (exact) mass is 561 g/mol. The van der Waals surface area contributed by atoms with Crippen LogP contribution in [-0.2, 0) is 32.3 Å². The minimum absolute atomic E-state index is 0.0147. The van der Waals surface area contributed by atoms with E-state index >= 15 is 0 Å². The zero-order valence-corrected chi connectivity index (χ0v) is 22.6. The van der Waals surface area contributed by atoms with Gasteiger partial charge in [0.05, 0.1) is 16.1 Å². The first kappa shape index (κ1) is 29.7. The highest BCUT2D eigenvalue weighted by Gasteiger charge is 2.35. The normalized spacial score (nSPS) is 12.5. The van der Waals surface area contributed by atoms with Crippen LogP contribution in [0.2, 0.25) is 0 Å². The molecule has 0 spiro atoms. The number of alkyl halides is 3. The Morgan fingerprint density at radius 2 is 1.59 bits per heavy atom. The number of anilines is 1. The maximum Gasteiger partial charge on any atom is 0.416 e. The summed E-state index contributed by atoms with van der Waals surface area (Å²) in [6, 6.07) is 17.2. The Morgan fingerprint density at radius 3 is 2.18 bits per heavy atom. The summed E-state index contributed by atoms with van der Waals surface area (Å²) in [6.07, 6.45) is -4.73. The first-order valence-corrected chi connectivity index (χ1v) is 13.7. The predicted molar refractivity (Wildman–Crippen MR) is 142 cm³/mol. The maximum absolute atomic E-state index is 13.7. The van der Waals surface area contributed by atoms with Gasteiger partial charge >= 0.3 is 6.18 Å². The molecule has 3 aromatic rings. The number of benzene rings is 3. The van der Waals surface area contributed by atoms with E-state index in [-0.39, 0.29) is 17.1 Å². The Kier molecular flexibility index (Phi) is 9.39. The average molecular weight is 562 g/mol. The van der Waals surface area contributed by atoms with Gasteiger partial charge in [0.25, 0.3) is 10.0 Å². The minimum Gasteiger partial charge on any atom is -0.355 e. The van der Waals surface area contributed by atoms with Gasteiger partial charge in [0.1, 0.15) is 12.6 Å². The number of hydrogen-bond acceptors (Lipinski definition) is 4. The molecule has 1 N–H and O–H groups in total. The summed E-state index contributed by atoms with van der Waals surface area (Å²) in [6.45, 7) is 4.60. The molecule has 11 heteroatoms. The Hall–Kier alpha value is -3.86. The fourth-order valence-corrected chi connectivity index (χ4v) is 5.31.